The summed E-state index contributed by atoms with van der Waals surface area (Å²) in [5.74, 6) is 0.644. The third-order valence-electron chi connectivity index (χ3n) is 4.59. The van der Waals surface area contributed by atoms with E-state index in [-0.39, 0.29) is 17.7 Å². The van der Waals surface area contributed by atoms with Gasteiger partial charge in [-0.3, -0.25) is 19.6 Å². The van der Waals surface area contributed by atoms with Gasteiger partial charge >= 0.3 is 0 Å². The molecule has 1 unspecified atom stereocenters. The highest BCUT2D eigenvalue weighted by atomic mass is 16.2. The highest BCUT2D eigenvalue weighted by molar-refractivity contribution is 5.95. The van der Waals surface area contributed by atoms with E-state index in [1.54, 1.807) is 16.6 Å². The van der Waals surface area contributed by atoms with Crippen molar-refractivity contribution in [3.63, 3.8) is 0 Å². The number of aromatic nitrogens is 3. The van der Waals surface area contributed by atoms with Crippen LogP contribution in [0.15, 0.2) is 24.3 Å². The molecule has 7 nitrogen and oxygen atoms in total. The Morgan fingerprint density at radius 3 is 2.56 bits per heavy atom. The minimum absolute atomic E-state index is 0.0238. The second-order valence-electron chi connectivity index (χ2n) is 6.55. The van der Waals surface area contributed by atoms with Crippen LogP contribution in [-0.2, 0) is 11.8 Å². The molecule has 0 saturated carbocycles. The number of rotatable bonds is 3. The molecule has 1 aliphatic rings. The van der Waals surface area contributed by atoms with Gasteiger partial charge in [-0.1, -0.05) is 17.7 Å². The van der Waals surface area contributed by atoms with Gasteiger partial charge in [0.1, 0.15) is 5.82 Å². The molecule has 1 aliphatic heterocycles. The normalized spacial score (nSPS) is 17.4. The predicted molar refractivity (Wildman–Crippen MR) is 94.2 cm³/mol. The van der Waals surface area contributed by atoms with E-state index in [2.05, 4.69) is 15.4 Å². The first-order valence-electron chi connectivity index (χ1n) is 8.48. The van der Waals surface area contributed by atoms with E-state index in [9.17, 15) is 9.59 Å². The highest BCUT2D eigenvalue weighted by Crippen LogP contribution is 2.20. The van der Waals surface area contributed by atoms with E-state index in [0.29, 0.717) is 24.6 Å². The minimum Gasteiger partial charge on any atom is -0.338 e. The number of benzene rings is 1. The van der Waals surface area contributed by atoms with Crippen LogP contribution in [-0.4, -0.2) is 44.6 Å². The highest BCUT2D eigenvalue weighted by Gasteiger charge is 2.29. The van der Waals surface area contributed by atoms with Crippen molar-refractivity contribution in [3.8, 4) is 0 Å². The minimum atomic E-state index is -0.243. The quantitative estimate of drug-likeness (QED) is 0.925. The zero-order valence-corrected chi connectivity index (χ0v) is 14.8. The molecule has 0 spiro atoms. The number of nitrogens with zero attached hydrogens (tertiary/aromatic N) is 4. The monoisotopic (exact) mass is 341 g/mol. The summed E-state index contributed by atoms with van der Waals surface area (Å²) in [5.41, 5.74) is 1.78. The van der Waals surface area contributed by atoms with Crippen LogP contribution in [0, 0.1) is 19.8 Å². The number of likely N-dealkylation sites (tertiary alicyclic amines) is 1. The molecule has 0 radical (unpaired) electrons. The molecule has 1 fully saturated rings. The standard InChI is InChI=1S/C18H23N5O2/c1-12-6-8-14(9-7-12)17(25)23-10-4-5-15(11-23)16(24)20-18-19-13(2)22(3)21-18/h6-9,15H,4-5,10-11H2,1-3H3,(H,20,21,24). The molecule has 2 amide bonds. The second kappa shape index (κ2) is 7.04. The Hall–Kier alpha value is -2.70. The Balaban J connectivity index is 1.64. The van der Waals surface area contributed by atoms with Gasteiger partial charge in [-0.2, -0.15) is 4.98 Å². The third kappa shape index (κ3) is 3.87. The summed E-state index contributed by atoms with van der Waals surface area (Å²) in [6.45, 7) is 4.91. The lowest BCUT2D eigenvalue weighted by atomic mass is 9.96. The number of hydrogen-bond donors (Lipinski definition) is 1. The average Bonchev–Trinajstić information content (AvgIpc) is 2.92. The maximum absolute atomic E-state index is 12.7. The number of amides is 2. The Bertz CT molecular complexity index is 762. The van der Waals surface area contributed by atoms with Crippen molar-refractivity contribution >= 4 is 17.8 Å². The van der Waals surface area contributed by atoms with Crippen LogP contribution < -0.4 is 5.32 Å². The maximum Gasteiger partial charge on any atom is 0.253 e. The SMILES string of the molecule is Cc1ccc(C(=O)N2CCCC(C(=O)Nc3nc(C)n(C)n3)C2)cc1. The third-order valence-corrected chi connectivity index (χ3v) is 4.59. The molecule has 0 bridgehead atoms. The molecule has 1 aromatic heterocycles. The molecule has 1 saturated heterocycles. The molecule has 1 N–H and O–H groups in total. The second-order valence-corrected chi connectivity index (χ2v) is 6.55. The Labute approximate surface area is 147 Å². The number of anilines is 1. The number of carbonyl (C=O) groups excluding carboxylic acids is 2. The van der Waals surface area contributed by atoms with E-state index in [1.165, 1.54) is 0 Å². The molecular formula is C18H23N5O2. The molecule has 7 heteroatoms. The molecule has 1 aromatic carbocycles. The molecule has 3 rings (SSSR count). The number of aryl methyl sites for hydroxylation is 3. The smallest absolute Gasteiger partial charge is 0.253 e. The van der Waals surface area contributed by atoms with Crippen LogP contribution in [0.25, 0.3) is 0 Å². The number of carbonyl (C=O) groups is 2. The first-order valence-corrected chi connectivity index (χ1v) is 8.48. The summed E-state index contributed by atoms with van der Waals surface area (Å²) >= 11 is 0. The summed E-state index contributed by atoms with van der Waals surface area (Å²) in [5, 5.41) is 6.91. The average molecular weight is 341 g/mol. The van der Waals surface area contributed by atoms with Crippen LogP contribution in [0.5, 0.6) is 0 Å². The maximum atomic E-state index is 12.7. The molecule has 0 aliphatic carbocycles. The van der Waals surface area contributed by atoms with Crippen LogP contribution in [0.4, 0.5) is 5.95 Å². The van der Waals surface area contributed by atoms with Gasteiger partial charge < -0.3 is 4.90 Å². The molecule has 2 aromatic rings. The van der Waals surface area contributed by atoms with Crippen LogP contribution in [0.1, 0.15) is 34.6 Å². The lowest BCUT2D eigenvalue weighted by Crippen LogP contribution is -2.43. The van der Waals surface area contributed by atoms with E-state index >= 15 is 0 Å². The summed E-state index contributed by atoms with van der Waals surface area (Å²) in [6.07, 6.45) is 1.57. The molecular weight excluding hydrogens is 318 g/mol. The van der Waals surface area contributed by atoms with Crippen molar-refractivity contribution in [1.29, 1.82) is 0 Å². The van der Waals surface area contributed by atoms with Gasteiger partial charge in [0.05, 0.1) is 5.92 Å². The zero-order chi connectivity index (χ0) is 18.0. The fraction of sp³-hybridized carbons (Fsp3) is 0.444. The molecule has 25 heavy (non-hydrogen) atoms. The topological polar surface area (TPSA) is 80.1 Å². The fourth-order valence-electron chi connectivity index (χ4n) is 2.98. The van der Waals surface area contributed by atoms with Crippen molar-refractivity contribution in [2.45, 2.75) is 26.7 Å². The van der Waals surface area contributed by atoms with Gasteiger partial charge in [0.25, 0.3) is 5.91 Å². The van der Waals surface area contributed by atoms with E-state index in [4.69, 9.17) is 0 Å². The van der Waals surface area contributed by atoms with Crippen molar-refractivity contribution in [2.75, 3.05) is 18.4 Å². The Morgan fingerprint density at radius 1 is 1.20 bits per heavy atom. The fourth-order valence-corrected chi connectivity index (χ4v) is 2.98. The van der Waals surface area contributed by atoms with E-state index < -0.39 is 0 Å². The first-order chi connectivity index (χ1) is 11.9. The number of nitrogens with one attached hydrogen (secondary N) is 1. The Morgan fingerprint density at radius 2 is 1.92 bits per heavy atom. The summed E-state index contributed by atoms with van der Waals surface area (Å²) in [4.78, 5) is 31.1. The molecule has 1 atom stereocenters. The Kier molecular flexibility index (Phi) is 4.83. The first kappa shape index (κ1) is 17.1. The molecule has 2 heterocycles. The van der Waals surface area contributed by atoms with Gasteiger partial charge in [0.15, 0.2) is 0 Å². The van der Waals surface area contributed by atoms with Crippen LogP contribution in [0.3, 0.4) is 0 Å². The van der Waals surface area contributed by atoms with Gasteiger partial charge in [-0.15, -0.1) is 5.10 Å². The molecule has 132 valence electrons. The van der Waals surface area contributed by atoms with Gasteiger partial charge in [0.2, 0.25) is 11.9 Å². The summed E-state index contributed by atoms with van der Waals surface area (Å²) in [7, 11) is 1.78. The van der Waals surface area contributed by atoms with E-state index in [1.807, 2.05) is 38.1 Å². The summed E-state index contributed by atoms with van der Waals surface area (Å²) < 4.78 is 1.61. The number of piperidine rings is 1. The zero-order valence-electron chi connectivity index (χ0n) is 14.8. The van der Waals surface area contributed by atoms with Crippen molar-refractivity contribution in [1.82, 2.24) is 19.7 Å². The van der Waals surface area contributed by atoms with Gasteiger partial charge in [-0.25, -0.2) is 0 Å². The van der Waals surface area contributed by atoms with Crippen molar-refractivity contribution < 1.29 is 9.59 Å². The lowest BCUT2D eigenvalue weighted by Gasteiger charge is -2.32. The predicted octanol–water partition coefficient (Wildman–Crippen LogP) is 1.92. The lowest BCUT2D eigenvalue weighted by molar-refractivity contribution is -0.121. The largest absolute Gasteiger partial charge is 0.338 e. The van der Waals surface area contributed by atoms with Crippen LogP contribution >= 0.6 is 0 Å². The van der Waals surface area contributed by atoms with Crippen LogP contribution in [0.2, 0.25) is 0 Å². The van der Waals surface area contributed by atoms with Gasteiger partial charge in [-0.05, 0) is 38.8 Å². The van der Waals surface area contributed by atoms with Crippen molar-refractivity contribution in [3.05, 3.63) is 41.2 Å². The van der Waals surface area contributed by atoms with Gasteiger partial charge in [0, 0.05) is 25.7 Å². The number of hydrogen-bond acceptors (Lipinski definition) is 4. The summed E-state index contributed by atoms with van der Waals surface area (Å²) in [6, 6.07) is 7.52. The van der Waals surface area contributed by atoms with Crippen molar-refractivity contribution in [2.24, 2.45) is 13.0 Å². The van der Waals surface area contributed by atoms with E-state index in [0.717, 1.165) is 24.2 Å².